The van der Waals surface area contributed by atoms with Gasteiger partial charge >= 0.3 is 0 Å². The maximum absolute atomic E-state index is 10.4. The van der Waals surface area contributed by atoms with Gasteiger partial charge in [-0.05, 0) is 0 Å². The Labute approximate surface area is 50.3 Å². The minimum absolute atomic E-state index is 0.0440. The summed E-state index contributed by atoms with van der Waals surface area (Å²) in [6.07, 6.45) is 1.29. The van der Waals surface area contributed by atoms with Crippen LogP contribution in [0.25, 0.3) is 0 Å². The zero-order valence-electron chi connectivity index (χ0n) is 4.46. The van der Waals surface area contributed by atoms with Gasteiger partial charge in [-0.1, -0.05) is 0 Å². The van der Waals surface area contributed by atoms with Crippen LogP contribution in [0.4, 0.5) is 5.95 Å². The molecule has 0 amide bonds. The van der Waals surface area contributed by atoms with Crippen LogP contribution in [0.5, 0.6) is 0 Å². The van der Waals surface area contributed by atoms with E-state index in [4.69, 9.17) is 5.21 Å². The molecular weight excluding hydrogens is 122 g/mol. The smallest absolute Gasteiger partial charge is 0.252 e. The summed E-state index contributed by atoms with van der Waals surface area (Å²) < 4.78 is 0. The van der Waals surface area contributed by atoms with Crippen LogP contribution in [-0.2, 0) is 0 Å². The molecule has 5 heteroatoms. The molecule has 0 aliphatic rings. The first-order valence-corrected chi connectivity index (χ1v) is 2.28. The molecule has 0 atom stereocenters. The third kappa shape index (κ3) is 1.26. The minimum atomic E-state index is -0.304. The van der Waals surface area contributed by atoms with Gasteiger partial charge in [-0.15, -0.1) is 0 Å². The predicted octanol–water partition coefficient (Wildman–Crippen LogP) is -0.429. The zero-order valence-corrected chi connectivity index (χ0v) is 4.46. The van der Waals surface area contributed by atoms with Gasteiger partial charge < -0.3 is 0 Å². The molecule has 1 rings (SSSR count). The molecule has 0 aliphatic heterocycles. The molecule has 0 aromatic carbocycles. The van der Waals surface area contributed by atoms with E-state index < -0.39 is 0 Å². The predicted molar refractivity (Wildman–Crippen MR) is 30.3 cm³/mol. The van der Waals surface area contributed by atoms with Crippen LogP contribution in [0.3, 0.4) is 0 Å². The summed E-state index contributed by atoms with van der Waals surface area (Å²) in [5.74, 6) is 0.0440. The number of hydrogen-bond acceptors (Lipinski definition) is 4. The Balaban J connectivity index is 3.08. The van der Waals surface area contributed by atoms with Gasteiger partial charge in [-0.25, -0.2) is 10.5 Å². The molecule has 1 aromatic heterocycles. The van der Waals surface area contributed by atoms with Crippen LogP contribution in [0.1, 0.15) is 0 Å². The second-order valence-electron chi connectivity index (χ2n) is 1.39. The van der Waals surface area contributed by atoms with Gasteiger partial charge in [0.15, 0.2) is 0 Å². The van der Waals surface area contributed by atoms with Gasteiger partial charge in [-0.3, -0.25) is 15.0 Å². The number of H-pyrrole nitrogens is 1. The molecule has 9 heavy (non-hydrogen) atoms. The van der Waals surface area contributed by atoms with Crippen molar-refractivity contribution in [1.82, 2.24) is 9.97 Å². The topological polar surface area (TPSA) is 78.0 Å². The highest BCUT2D eigenvalue weighted by atomic mass is 16.5. The number of nitrogens with zero attached hydrogens (tertiary/aromatic N) is 1. The van der Waals surface area contributed by atoms with Crippen LogP contribution < -0.4 is 11.0 Å². The SMILES string of the molecule is O=c1ccnc(NO)[nH]1. The van der Waals surface area contributed by atoms with E-state index in [1.807, 2.05) is 0 Å². The van der Waals surface area contributed by atoms with Crippen molar-refractivity contribution in [2.45, 2.75) is 0 Å². The molecular formula is C4H5N3O2. The van der Waals surface area contributed by atoms with Gasteiger partial charge in [0.2, 0.25) is 5.95 Å². The number of rotatable bonds is 1. The second-order valence-corrected chi connectivity index (χ2v) is 1.39. The lowest BCUT2D eigenvalue weighted by Crippen LogP contribution is -2.08. The monoisotopic (exact) mass is 127 g/mol. The van der Waals surface area contributed by atoms with Crippen LogP contribution in [0.15, 0.2) is 17.1 Å². The zero-order chi connectivity index (χ0) is 6.69. The first-order chi connectivity index (χ1) is 4.33. The molecule has 1 aromatic rings. The van der Waals surface area contributed by atoms with E-state index in [0.29, 0.717) is 0 Å². The lowest BCUT2D eigenvalue weighted by Gasteiger charge is -1.91. The molecule has 1 heterocycles. The van der Waals surface area contributed by atoms with Crippen molar-refractivity contribution in [3.8, 4) is 0 Å². The van der Waals surface area contributed by atoms with Crippen molar-refractivity contribution >= 4 is 5.95 Å². The first-order valence-electron chi connectivity index (χ1n) is 2.28. The molecule has 5 nitrogen and oxygen atoms in total. The number of aromatic amines is 1. The van der Waals surface area contributed by atoms with Crippen LogP contribution in [0, 0.1) is 0 Å². The summed E-state index contributed by atoms with van der Waals surface area (Å²) >= 11 is 0. The van der Waals surface area contributed by atoms with Gasteiger partial charge in [0, 0.05) is 12.3 Å². The van der Waals surface area contributed by atoms with E-state index in [0.717, 1.165) is 0 Å². The molecule has 0 spiro atoms. The molecule has 3 N–H and O–H groups in total. The summed E-state index contributed by atoms with van der Waals surface area (Å²) in [5, 5.41) is 8.18. The van der Waals surface area contributed by atoms with E-state index in [1.54, 1.807) is 5.48 Å². The number of hydrogen-bond donors (Lipinski definition) is 3. The van der Waals surface area contributed by atoms with Crippen LogP contribution in [-0.4, -0.2) is 15.2 Å². The van der Waals surface area contributed by atoms with E-state index in [1.165, 1.54) is 12.3 Å². The highest BCUT2D eigenvalue weighted by Crippen LogP contribution is 1.84. The maximum Gasteiger partial charge on any atom is 0.252 e. The first kappa shape index (κ1) is 5.77. The number of nitrogens with one attached hydrogen (secondary N) is 2. The Kier molecular flexibility index (Phi) is 1.46. The van der Waals surface area contributed by atoms with Crippen molar-refractivity contribution in [3.05, 3.63) is 22.6 Å². The van der Waals surface area contributed by atoms with Crippen molar-refractivity contribution in [1.29, 1.82) is 0 Å². The van der Waals surface area contributed by atoms with Crippen molar-refractivity contribution in [2.75, 3.05) is 5.48 Å². The van der Waals surface area contributed by atoms with E-state index in [9.17, 15) is 4.79 Å². The number of aromatic nitrogens is 2. The summed E-state index contributed by atoms with van der Waals surface area (Å²) in [5.41, 5.74) is 1.40. The highest BCUT2D eigenvalue weighted by Gasteiger charge is 1.86. The molecule has 0 unspecified atom stereocenters. The summed E-state index contributed by atoms with van der Waals surface area (Å²) in [4.78, 5) is 16.2. The van der Waals surface area contributed by atoms with Crippen molar-refractivity contribution < 1.29 is 5.21 Å². The average molecular weight is 127 g/mol. The quantitative estimate of drug-likeness (QED) is 0.447. The van der Waals surface area contributed by atoms with Gasteiger partial charge in [0.25, 0.3) is 5.56 Å². The Morgan fingerprint density at radius 2 is 2.56 bits per heavy atom. The second kappa shape index (κ2) is 2.27. The lowest BCUT2D eigenvalue weighted by atomic mass is 10.7. The largest absolute Gasteiger partial charge is 0.291 e. The fourth-order valence-electron chi connectivity index (χ4n) is 0.427. The highest BCUT2D eigenvalue weighted by molar-refractivity contribution is 5.16. The molecule has 48 valence electrons. The average Bonchev–Trinajstić information content (AvgIpc) is 1.88. The molecule has 0 saturated carbocycles. The summed E-state index contributed by atoms with van der Waals surface area (Å²) in [7, 11) is 0. The minimum Gasteiger partial charge on any atom is -0.291 e. The summed E-state index contributed by atoms with van der Waals surface area (Å²) in [6.45, 7) is 0. The van der Waals surface area contributed by atoms with E-state index >= 15 is 0 Å². The van der Waals surface area contributed by atoms with Gasteiger partial charge in [0.05, 0.1) is 0 Å². The molecule has 0 fully saturated rings. The molecule has 0 radical (unpaired) electrons. The Morgan fingerprint density at radius 3 is 3.00 bits per heavy atom. The lowest BCUT2D eigenvalue weighted by molar-refractivity contribution is 0.382. The third-order valence-electron chi connectivity index (χ3n) is 0.777. The summed E-state index contributed by atoms with van der Waals surface area (Å²) in [6, 6.07) is 1.25. The molecule has 0 bridgehead atoms. The van der Waals surface area contributed by atoms with Crippen LogP contribution in [0.2, 0.25) is 0 Å². The molecule has 0 aliphatic carbocycles. The van der Waals surface area contributed by atoms with Crippen molar-refractivity contribution in [2.24, 2.45) is 0 Å². The van der Waals surface area contributed by atoms with Crippen LogP contribution >= 0.6 is 0 Å². The normalized spacial score (nSPS) is 9.00. The van der Waals surface area contributed by atoms with Gasteiger partial charge in [0.1, 0.15) is 0 Å². The Hall–Kier alpha value is -1.36. The van der Waals surface area contributed by atoms with Crippen molar-refractivity contribution in [3.63, 3.8) is 0 Å². The third-order valence-corrected chi connectivity index (χ3v) is 0.777. The Morgan fingerprint density at radius 1 is 1.78 bits per heavy atom. The standard InChI is InChI=1S/C4H5N3O2/c8-3-1-2-5-4(6-3)7-9/h1-2,9H,(H2,5,6,7,8). The molecule has 0 saturated heterocycles. The van der Waals surface area contributed by atoms with E-state index in [-0.39, 0.29) is 11.5 Å². The maximum atomic E-state index is 10.4. The Bertz CT molecular complexity index is 244. The van der Waals surface area contributed by atoms with Gasteiger partial charge in [-0.2, -0.15) is 0 Å². The van der Waals surface area contributed by atoms with E-state index in [2.05, 4.69) is 9.97 Å². The number of anilines is 1. The fraction of sp³-hybridized carbons (Fsp3) is 0. The fourth-order valence-corrected chi connectivity index (χ4v) is 0.427.